The number of nitrogens with zero attached hydrogens (tertiary/aromatic N) is 3. The summed E-state index contributed by atoms with van der Waals surface area (Å²) in [6.07, 6.45) is 6.08. The lowest BCUT2D eigenvalue weighted by Gasteiger charge is -2.18. The van der Waals surface area contributed by atoms with E-state index in [2.05, 4.69) is 6.92 Å². The van der Waals surface area contributed by atoms with Crippen molar-refractivity contribution in [3.8, 4) is 5.75 Å². The van der Waals surface area contributed by atoms with Gasteiger partial charge in [-0.05, 0) is 42.7 Å². The van der Waals surface area contributed by atoms with Crippen LogP contribution < -0.4 is 9.64 Å². The molecule has 0 aliphatic rings. The summed E-state index contributed by atoms with van der Waals surface area (Å²) >= 11 is 0. The van der Waals surface area contributed by atoms with Gasteiger partial charge in [0.25, 0.3) is 0 Å². The second-order valence-electron chi connectivity index (χ2n) is 7.56. The van der Waals surface area contributed by atoms with Crippen molar-refractivity contribution in [3.63, 3.8) is 0 Å². The number of fused-ring (bicyclic) bond motifs is 1. The first-order valence-electron chi connectivity index (χ1n) is 10.4. The van der Waals surface area contributed by atoms with E-state index in [-0.39, 0.29) is 17.4 Å². The highest BCUT2D eigenvalue weighted by Crippen LogP contribution is 2.29. The van der Waals surface area contributed by atoms with Crippen molar-refractivity contribution in [3.05, 3.63) is 53.9 Å². The second kappa shape index (κ2) is 9.51. The zero-order chi connectivity index (χ0) is 22.6. The SMILES string of the molecule is CCCCC(=O)N(C)c1c(CC)nc2c(OCc3ccc(S(C)(=O)=O)cc3)cccn12. The number of sulfone groups is 1. The zero-order valence-electron chi connectivity index (χ0n) is 18.5. The van der Waals surface area contributed by atoms with Crippen molar-refractivity contribution in [1.29, 1.82) is 0 Å². The molecule has 1 aromatic carbocycles. The number of imidazole rings is 1. The van der Waals surface area contributed by atoms with Crippen LogP contribution in [0.2, 0.25) is 0 Å². The highest BCUT2D eigenvalue weighted by molar-refractivity contribution is 7.90. The Labute approximate surface area is 183 Å². The van der Waals surface area contributed by atoms with Crippen LogP contribution in [0.4, 0.5) is 5.82 Å². The lowest BCUT2D eigenvalue weighted by Crippen LogP contribution is -2.28. The summed E-state index contributed by atoms with van der Waals surface area (Å²) < 4.78 is 31.2. The first-order chi connectivity index (χ1) is 14.8. The van der Waals surface area contributed by atoms with E-state index in [9.17, 15) is 13.2 Å². The number of hydrogen-bond donors (Lipinski definition) is 0. The summed E-state index contributed by atoms with van der Waals surface area (Å²) in [5.74, 6) is 1.43. The minimum absolute atomic E-state index is 0.0654. The fraction of sp³-hybridized carbons (Fsp3) is 0.391. The highest BCUT2D eigenvalue weighted by atomic mass is 32.2. The van der Waals surface area contributed by atoms with E-state index in [1.54, 1.807) is 36.2 Å². The minimum atomic E-state index is -3.23. The third-order valence-corrected chi connectivity index (χ3v) is 6.30. The molecule has 2 aromatic heterocycles. The molecule has 166 valence electrons. The fourth-order valence-corrected chi connectivity index (χ4v) is 4.02. The van der Waals surface area contributed by atoms with Gasteiger partial charge in [0.2, 0.25) is 5.91 Å². The summed E-state index contributed by atoms with van der Waals surface area (Å²) in [6, 6.07) is 10.3. The average Bonchev–Trinajstić information content (AvgIpc) is 3.14. The highest BCUT2D eigenvalue weighted by Gasteiger charge is 2.21. The van der Waals surface area contributed by atoms with E-state index in [0.29, 0.717) is 24.2 Å². The Bertz CT molecular complexity index is 1170. The summed E-state index contributed by atoms with van der Waals surface area (Å²) in [5, 5.41) is 0. The Balaban J connectivity index is 1.87. The molecule has 2 heterocycles. The quantitative estimate of drug-likeness (QED) is 0.499. The van der Waals surface area contributed by atoms with Gasteiger partial charge in [-0.2, -0.15) is 0 Å². The number of carbonyl (C=O) groups is 1. The van der Waals surface area contributed by atoms with Gasteiger partial charge in [0.1, 0.15) is 12.4 Å². The van der Waals surface area contributed by atoms with E-state index in [1.165, 1.54) is 6.26 Å². The number of anilines is 1. The molecule has 0 aliphatic heterocycles. The molecule has 31 heavy (non-hydrogen) atoms. The molecule has 8 heteroatoms. The molecule has 0 aliphatic carbocycles. The van der Waals surface area contributed by atoms with Crippen molar-refractivity contribution < 1.29 is 17.9 Å². The molecule has 0 unspecified atom stereocenters. The van der Waals surface area contributed by atoms with Crippen molar-refractivity contribution in [2.24, 2.45) is 0 Å². The molecular weight excluding hydrogens is 414 g/mol. The average molecular weight is 444 g/mol. The number of benzene rings is 1. The number of amides is 1. The smallest absolute Gasteiger partial charge is 0.227 e. The molecule has 3 rings (SSSR count). The van der Waals surface area contributed by atoms with Crippen molar-refractivity contribution in [1.82, 2.24) is 9.38 Å². The Morgan fingerprint density at radius 3 is 2.48 bits per heavy atom. The minimum Gasteiger partial charge on any atom is -0.485 e. The predicted molar refractivity (Wildman–Crippen MR) is 121 cm³/mol. The molecule has 3 aromatic rings. The summed E-state index contributed by atoms with van der Waals surface area (Å²) in [4.78, 5) is 19.3. The maximum atomic E-state index is 12.6. The number of pyridine rings is 1. The number of aromatic nitrogens is 2. The molecule has 0 saturated heterocycles. The van der Waals surface area contributed by atoms with E-state index in [1.807, 2.05) is 29.7 Å². The van der Waals surface area contributed by atoms with Crippen LogP contribution in [0.5, 0.6) is 5.75 Å². The predicted octanol–water partition coefficient (Wildman–Crippen LogP) is 4.03. The van der Waals surface area contributed by atoms with Gasteiger partial charge in [-0.15, -0.1) is 0 Å². The molecule has 0 spiro atoms. The summed E-state index contributed by atoms with van der Waals surface area (Å²) in [5.41, 5.74) is 2.34. The van der Waals surface area contributed by atoms with Crippen molar-refractivity contribution in [2.45, 2.75) is 51.0 Å². The van der Waals surface area contributed by atoms with Crippen LogP contribution in [0.15, 0.2) is 47.5 Å². The molecule has 0 fully saturated rings. The Morgan fingerprint density at radius 1 is 1.16 bits per heavy atom. The zero-order valence-corrected chi connectivity index (χ0v) is 19.3. The first kappa shape index (κ1) is 22.8. The van der Waals surface area contributed by atoms with Crippen LogP contribution >= 0.6 is 0 Å². The Morgan fingerprint density at radius 2 is 1.87 bits per heavy atom. The van der Waals surface area contributed by atoms with E-state index >= 15 is 0 Å². The van der Waals surface area contributed by atoms with Gasteiger partial charge in [-0.25, -0.2) is 13.4 Å². The third kappa shape index (κ3) is 5.07. The van der Waals surface area contributed by atoms with Crippen molar-refractivity contribution >= 4 is 27.2 Å². The molecule has 0 saturated carbocycles. The topological polar surface area (TPSA) is 81.0 Å². The molecule has 0 atom stereocenters. The van der Waals surface area contributed by atoms with E-state index < -0.39 is 9.84 Å². The standard InChI is InChI=1S/C23H29N3O4S/c1-5-7-10-21(27)25(3)23-19(6-2)24-22-20(9-8-15-26(22)23)30-16-17-11-13-18(14-12-17)31(4,28)29/h8-9,11-15H,5-7,10,16H2,1-4H3. The normalized spacial score (nSPS) is 11.6. The summed E-state index contributed by atoms with van der Waals surface area (Å²) in [6.45, 7) is 4.36. The summed E-state index contributed by atoms with van der Waals surface area (Å²) in [7, 11) is -1.44. The number of ether oxygens (including phenoxy) is 1. The van der Waals surface area contributed by atoms with E-state index in [4.69, 9.17) is 9.72 Å². The maximum absolute atomic E-state index is 12.6. The van der Waals surface area contributed by atoms with Crippen LogP contribution in [0.1, 0.15) is 44.4 Å². The monoisotopic (exact) mass is 443 g/mol. The number of unbranched alkanes of at least 4 members (excludes halogenated alkanes) is 1. The molecule has 0 radical (unpaired) electrons. The van der Waals surface area contributed by atoms with Crippen LogP contribution in [0, 0.1) is 0 Å². The molecule has 0 N–H and O–H groups in total. The van der Waals surface area contributed by atoms with Gasteiger partial charge in [0, 0.05) is 25.9 Å². The molecular formula is C23H29N3O4S. The maximum Gasteiger partial charge on any atom is 0.227 e. The molecule has 0 bridgehead atoms. The fourth-order valence-electron chi connectivity index (χ4n) is 3.39. The molecule has 1 amide bonds. The Hall–Kier alpha value is -2.87. The lowest BCUT2D eigenvalue weighted by molar-refractivity contribution is -0.118. The van der Waals surface area contributed by atoms with Crippen molar-refractivity contribution in [2.75, 3.05) is 18.2 Å². The van der Waals surface area contributed by atoms with Crippen LogP contribution in [0.25, 0.3) is 5.65 Å². The van der Waals surface area contributed by atoms with Crippen LogP contribution in [-0.2, 0) is 27.7 Å². The van der Waals surface area contributed by atoms with Crippen LogP contribution in [0.3, 0.4) is 0 Å². The van der Waals surface area contributed by atoms with Gasteiger partial charge >= 0.3 is 0 Å². The number of rotatable bonds is 9. The first-order valence-corrected chi connectivity index (χ1v) is 12.3. The Kier molecular flexibility index (Phi) is 7.00. The van der Waals surface area contributed by atoms with Gasteiger partial charge in [0.05, 0.1) is 10.6 Å². The molecule has 7 nitrogen and oxygen atoms in total. The van der Waals surface area contributed by atoms with Gasteiger partial charge in [0.15, 0.2) is 21.2 Å². The van der Waals surface area contributed by atoms with Gasteiger partial charge in [-0.3, -0.25) is 14.1 Å². The number of aryl methyl sites for hydroxylation is 1. The number of carbonyl (C=O) groups excluding carboxylic acids is 1. The second-order valence-corrected chi connectivity index (χ2v) is 9.58. The van der Waals surface area contributed by atoms with E-state index in [0.717, 1.165) is 29.9 Å². The third-order valence-electron chi connectivity index (χ3n) is 5.18. The van der Waals surface area contributed by atoms with Gasteiger partial charge in [-0.1, -0.05) is 32.4 Å². The lowest BCUT2D eigenvalue weighted by atomic mass is 10.2. The van der Waals surface area contributed by atoms with Crippen LogP contribution in [-0.4, -0.2) is 37.0 Å². The number of hydrogen-bond acceptors (Lipinski definition) is 5. The largest absolute Gasteiger partial charge is 0.485 e. The van der Waals surface area contributed by atoms with Gasteiger partial charge < -0.3 is 4.74 Å².